The summed E-state index contributed by atoms with van der Waals surface area (Å²) >= 11 is 0. The minimum atomic E-state index is 0.113. The Kier molecular flexibility index (Phi) is 7.66. The van der Waals surface area contributed by atoms with Crippen molar-refractivity contribution in [2.45, 2.75) is 71.3 Å². The lowest BCUT2D eigenvalue weighted by atomic mass is 10.0. The maximum absolute atomic E-state index is 6.20. The Hall–Kier alpha value is -0.890. The van der Waals surface area contributed by atoms with Crippen LogP contribution in [0, 0.1) is 6.92 Å². The van der Waals surface area contributed by atoms with E-state index < -0.39 is 0 Å². The molecule has 0 amide bonds. The molecule has 0 fully saturated rings. The van der Waals surface area contributed by atoms with Crippen molar-refractivity contribution in [2.75, 3.05) is 0 Å². The number of hydrogen-bond donors (Lipinski definition) is 1. The molecule has 2 N–H and O–H groups in total. The molecule has 0 bridgehead atoms. The fourth-order valence-corrected chi connectivity index (χ4v) is 2.34. The molecule has 0 radical (unpaired) electrons. The molecule has 0 spiro atoms. The summed E-state index contributed by atoms with van der Waals surface area (Å²) in [5.74, 6) is 0. The van der Waals surface area contributed by atoms with Crippen LogP contribution in [0.25, 0.3) is 0 Å². The molecule has 1 aromatic heterocycles. The maximum Gasteiger partial charge on any atom is 0.0600 e. The Labute approximate surface area is 112 Å². The zero-order valence-corrected chi connectivity index (χ0v) is 12.0. The predicted molar refractivity (Wildman–Crippen MR) is 78.5 cm³/mol. The zero-order valence-electron chi connectivity index (χ0n) is 12.0. The van der Waals surface area contributed by atoms with Crippen molar-refractivity contribution >= 4 is 0 Å². The first-order valence-electron chi connectivity index (χ1n) is 7.42. The molecule has 0 aliphatic rings. The van der Waals surface area contributed by atoms with Crippen LogP contribution in [0.2, 0.25) is 0 Å². The molecule has 0 saturated heterocycles. The van der Waals surface area contributed by atoms with E-state index in [4.69, 9.17) is 5.73 Å². The lowest BCUT2D eigenvalue weighted by Gasteiger charge is -2.13. The van der Waals surface area contributed by atoms with Gasteiger partial charge in [0.2, 0.25) is 0 Å². The predicted octanol–water partition coefficient (Wildman–Crippen LogP) is 4.53. The second kappa shape index (κ2) is 9.09. The number of pyridine rings is 1. The molecular formula is C16H28N2. The van der Waals surface area contributed by atoms with Crippen LogP contribution in [0.5, 0.6) is 0 Å². The smallest absolute Gasteiger partial charge is 0.0600 e. The van der Waals surface area contributed by atoms with Crippen molar-refractivity contribution in [3.63, 3.8) is 0 Å². The van der Waals surface area contributed by atoms with Crippen LogP contribution >= 0.6 is 0 Å². The van der Waals surface area contributed by atoms with Crippen LogP contribution in [-0.4, -0.2) is 4.98 Å². The lowest BCUT2D eigenvalue weighted by Crippen LogP contribution is -2.13. The average Bonchev–Trinajstić information content (AvgIpc) is 2.38. The van der Waals surface area contributed by atoms with Crippen molar-refractivity contribution in [1.29, 1.82) is 0 Å². The van der Waals surface area contributed by atoms with E-state index in [9.17, 15) is 0 Å². The van der Waals surface area contributed by atoms with Gasteiger partial charge in [-0.05, 0) is 25.0 Å². The molecule has 0 aromatic carbocycles. The summed E-state index contributed by atoms with van der Waals surface area (Å²) in [6, 6.07) is 4.17. The number of nitrogens with zero attached hydrogens (tertiary/aromatic N) is 1. The molecule has 1 atom stereocenters. The first kappa shape index (κ1) is 15.2. The lowest BCUT2D eigenvalue weighted by molar-refractivity contribution is 0.534. The van der Waals surface area contributed by atoms with Crippen molar-refractivity contribution < 1.29 is 0 Å². The van der Waals surface area contributed by atoms with E-state index in [1.165, 1.54) is 50.5 Å². The Balaban J connectivity index is 2.14. The number of hydrogen-bond acceptors (Lipinski definition) is 2. The Morgan fingerprint density at radius 3 is 2.44 bits per heavy atom. The normalized spacial score (nSPS) is 12.6. The third-order valence-electron chi connectivity index (χ3n) is 3.52. The highest BCUT2D eigenvalue weighted by Crippen LogP contribution is 2.19. The third kappa shape index (κ3) is 5.63. The van der Waals surface area contributed by atoms with Gasteiger partial charge in [0.05, 0.1) is 5.69 Å². The monoisotopic (exact) mass is 248 g/mol. The van der Waals surface area contributed by atoms with Gasteiger partial charge in [0, 0.05) is 12.2 Å². The molecule has 1 unspecified atom stereocenters. The van der Waals surface area contributed by atoms with E-state index in [0.29, 0.717) is 0 Å². The topological polar surface area (TPSA) is 38.9 Å². The standard InChI is InChI=1S/C16H28N2/c1-3-4-5-6-7-8-9-12-15(17)16-14(2)11-10-13-18-16/h10-11,13,15H,3-9,12,17H2,1-2H3. The SMILES string of the molecule is CCCCCCCCCC(N)c1ncccc1C. The van der Waals surface area contributed by atoms with E-state index >= 15 is 0 Å². The maximum atomic E-state index is 6.20. The van der Waals surface area contributed by atoms with E-state index in [2.05, 4.69) is 24.9 Å². The van der Waals surface area contributed by atoms with E-state index in [-0.39, 0.29) is 6.04 Å². The second-order valence-electron chi connectivity index (χ2n) is 5.22. The number of unbranched alkanes of at least 4 members (excludes halogenated alkanes) is 6. The van der Waals surface area contributed by atoms with E-state index in [1.807, 2.05) is 12.3 Å². The van der Waals surface area contributed by atoms with Gasteiger partial charge in [-0.2, -0.15) is 0 Å². The minimum Gasteiger partial charge on any atom is -0.323 e. The van der Waals surface area contributed by atoms with Crippen LogP contribution in [0.15, 0.2) is 18.3 Å². The van der Waals surface area contributed by atoms with Gasteiger partial charge in [0.15, 0.2) is 0 Å². The molecule has 1 heterocycles. The fourth-order valence-electron chi connectivity index (χ4n) is 2.34. The summed E-state index contributed by atoms with van der Waals surface area (Å²) < 4.78 is 0. The van der Waals surface area contributed by atoms with Crippen molar-refractivity contribution in [2.24, 2.45) is 5.73 Å². The average molecular weight is 248 g/mol. The van der Waals surface area contributed by atoms with Gasteiger partial charge in [-0.15, -0.1) is 0 Å². The van der Waals surface area contributed by atoms with Gasteiger partial charge in [0.25, 0.3) is 0 Å². The highest BCUT2D eigenvalue weighted by atomic mass is 14.8. The highest BCUT2D eigenvalue weighted by Gasteiger charge is 2.09. The quantitative estimate of drug-likeness (QED) is 0.652. The summed E-state index contributed by atoms with van der Waals surface area (Å²) in [6.07, 6.45) is 12.3. The van der Waals surface area contributed by atoms with Gasteiger partial charge in [-0.3, -0.25) is 4.98 Å². The van der Waals surface area contributed by atoms with E-state index in [0.717, 1.165) is 12.1 Å². The molecule has 1 aromatic rings. The van der Waals surface area contributed by atoms with Crippen LogP contribution in [-0.2, 0) is 0 Å². The van der Waals surface area contributed by atoms with Crippen LogP contribution in [0.3, 0.4) is 0 Å². The summed E-state index contributed by atoms with van der Waals surface area (Å²) in [4.78, 5) is 4.39. The summed E-state index contributed by atoms with van der Waals surface area (Å²) in [5.41, 5.74) is 8.48. The van der Waals surface area contributed by atoms with Gasteiger partial charge >= 0.3 is 0 Å². The zero-order chi connectivity index (χ0) is 13.2. The fraction of sp³-hybridized carbons (Fsp3) is 0.688. The Bertz CT molecular complexity index is 323. The third-order valence-corrected chi connectivity index (χ3v) is 3.52. The Morgan fingerprint density at radius 1 is 1.11 bits per heavy atom. The van der Waals surface area contributed by atoms with Crippen molar-refractivity contribution in [1.82, 2.24) is 4.98 Å². The molecule has 0 saturated carbocycles. The van der Waals surface area contributed by atoms with Crippen molar-refractivity contribution in [3.05, 3.63) is 29.6 Å². The number of aromatic nitrogens is 1. The highest BCUT2D eigenvalue weighted by molar-refractivity contribution is 5.20. The van der Waals surface area contributed by atoms with Crippen LogP contribution < -0.4 is 5.73 Å². The van der Waals surface area contributed by atoms with Gasteiger partial charge < -0.3 is 5.73 Å². The van der Waals surface area contributed by atoms with Crippen LogP contribution in [0.4, 0.5) is 0 Å². The molecule has 0 aliphatic heterocycles. The summed E-state index contributed by atoms with van der Waals surface area (Å²) in [7, 11) is 0. The summed E-state index contributed by atoms with van der Waals surface area (Å²) in [5, 5.41) is 0. The molecule has 2 nitrogen and oxygen atoms in total. The first-order chi connectivity index (χ1) is 8.75. The molecule has 1 rings (SSSR count). The molecule has 2 heteroatoms. The largest absolute Gasteiger partial charge is 0.323 e. The Morgan fingerprint density at radius 2 is 1.78 bits per heavy atom. The second-order valence-corrected chi connectivity index (χ2v) is 5.22. The van der Waals surface area contributed by atoms with Gasteiger partial charge in [-0.1, -0.05) is 57.9 Å². The first-order valence-corrected chi connectivity index (χ1v) is 7.42. The molecule has 102 valence electrons. The van der Waals surface area contributed by atoms with Gasteiger partial charge in [-0.25, -0.2) is 0 Å². The summed E-state index contributed by atoms with van der Waals surface area (Å²) in [6.45, 7) is 4.35. The van der Waals surface area contributed by atoms with Gasteiger partial charge in [0.1, 0.15) is 0 Å². The van der Waals surface area contributed by atoms with Crippen molar-refractivity contribution in [3.8, 4) is 0 Å². The number of rotatable bonds is 9. The van der Waals surface area contributed by atoms with E-state index in [1.54, 1.807) is 0 Å². The molecule has 18 heavy (non-hydrogen) atoms. The number of nitrogens with two attached hydrogens (primary N) is 1. The molecule has 0 aliphatic carbocycles. The minimum absolute atomic E-state index is 0.113. The number of aryl methyl sites for hydroxylation is 1. The van der Waals surface area contributed by atoms with Crippen LogP contribution in [0.1, 0.15) is 75.6 Å². The molecular weight excluding hydrogens is 220 g/mol.